The van der Waals surface area contributed by atoms with Crippen LogP contribution in [0.3, 0.4) is 0 Å². The summed E-state index contributed by atoms with van der Waals surface area (Å²) in [5, 5.41) is 49.5. The van der Waals surface area contributed by atoms with Gasteiger partial charge in [0.15, 0.2) is 0 Å². The standard InChI is InChI=1S/C35H56O6/c1-3-4-6-12-31(38)19-18-28-16-17-29-11-9-13-33(26(2)21-22-36)34(29)20-15-27(10-7-5-8-14-35(40)41)23-30(28)24-32(39)25-37/h9,11,13,18-19,26-27,31-32,36-39H,3-8,10,12,14-17,20-25H2,1-2H3,(H,40,41)/t26-,27-,31+,32+/m1/s1. The van der Waals surface area contributed by atoms with Gasteiger partial charge in [-0.15, -0.1) is 0 Å². The first kappa shape index (κ1) is 35.2. The summed E-state index contributed by atoms with van der Waals surface area (Å²) in [5.74, 6) is -0.108. The Balaban J connectivity index is 2.43. The van der Waals surface area contributed by atoms with Crippen molar-refractivity contribution in [1.29, 1.82) is 0 Å². The molecular weight excluding hydrogens is 516 g/mol. The molecular formula is C35H56O6. The minimum Gasteiger partial charge on any atom is -0.481 e. The van der Waals surface area contributed by atoms with Crippen molar-refractivity contribution in [2.45, 2.75) is 135 Å². The van der Waals surface area contributed by atoms with E-state index in [0.717, 1.165) is 94.6 Å². The van der Waals surface area contributed by atoms with E-state index in [-0.39, 0.29) is 25.6 Å². The minimum atomic E-state index is -0.819. The summed E-state index contributed by atoms with van der Waals surface area (Å²) in [6.45, 7) is 4.22. The zero-order valence-corrected chi connectivity index (χ0v) is 25.6. The van der Waals surface area contributed by atoms with Crippen molar-refractivity contribution in [2.75, 3.05) is 13.2 Å². The summed E-state index contributed by atoms with van der Waals surface area (Å²) < 4.78 is 0. The van der Waals surface area contributed by atoms with Crippen LogP contribution in [0.4, 0.5) is 0 Å². The van der Waals surface area contributed by atoms with Gasteiger partial charge in [-0.3, -0.25) is 4.79 Å². The Bertz CT molecular complexity index is 952. The molecule has 1 aromatic rings. The number of aliphatic hydroxyl groups is 4. The van der Waals surface area contributed by atoms with E-state index in [2.05, 4.69) is 38.1 Å². The van der Waals surface area contributed by atoms with E-state index >= 15 is 0 Å². The number of hydrogen-bond acceptors (Lipinski definition) is 5. The maximum absolute atomic E-state index is 11.0. The highest BCUT2D eigenvalue weighted by Crippen LogP contribution is 2.35. The summed E-state index contributed by atoms with van der Waals surface area (Å²) in [6, 6.07) is 6.55. The normalized spacial score (nSPS) is 18.7. The number of allylic oxidation sites excluding steroid dienone is 2. The number of hydrogen-bond donors (Lipinski definition) is 5. The molecule has 0 spiro atoms. The lowest BCUT2D eigenvalue weighted by molar-refractivity contribution is -0.137. The molecule has 5 N–H and O–H groups in total. The van der Waals surface area contributed by atoms with Gasteiger partial charge in [-0.1, -0.05) is 88.3 Å². The maximum atomic E-state index is 11.0. The third-order valence-electron chi connectivity index (χ3n) is 8.68. The molecule has 4 atom stereocenters. The van der Waals surface area contributed by atoms with E-state index < -0.39 is 18.2 Å². The van der Waals surface area contributed by atoms with Crippen molar-refractivity contribution in [1.82, 2.24) is 0 Å². The molecule has 0 aromatic heterocycles. The van der Waals surface area contributed by atoms with Gasteiger partial charge in [0.1, 0.15) is 0 Å². The number of benzene rings is 1. The van der Waals surface area contributed by atoms with Crippen molar-refractivity contribution in [3.63, 3.8) is 0 Å². The molecule has 6 nitrogen and oxygen atoms in total. The second-order valence-corrected chi connectivity index (χ2v) is 12.1. The Kier molecular flexibility index (Phi) is 17.2. The van der Waals surface area contributed by atoms with Crippen LogP contribution < -0.4 is 0 Å². The van der Waals surface area contributed by atoms with Crippen LogP contribution in [0.1, 0.15) is 126 Å². The molecule has 2 rings (SSSR count). The van der Waals surface area contributed by atoms with Crippen molar-refractivity contribution in [2.24, 2.45) is 5.92 Å². The number of carbonyl (C=O) groups is 1. The monoisotopic (exact) mass is 572 g/mol. The fourth-order valence-corrected chi connectivity index (χ4v) is 6.20. The van der Waals surface area contributed by atoms with Gasteiger partial charge >= 0.3 is 5.97 Å². The molecule has 0 radical (unpaired) electrons. The smallest absolute Gasteiger partial charge is 0.303 e. The lowest BCUT2D eigenvalue weighted by Gasteiger charge is -2.27. The number of aliphatic carboxylic acids is 1. The zero-order chi connectivity index (χ0) is 30.0. The Hall–Kier alpha value is -1.99. The average molecular weight is 573 g/mol. The van der Waals surface area contributed by atoms with E-state index in [0.29, 0.717) is 18.8 Å². The molecule has 0 unspecified atom stereocenters. The topological polar surface area (TPSA) is 118 Å². The van der Waals surface area contributed by atoms with Gasteiger partial charge in [-0.25, -0.2) is 0 Å². The number of carboxylic acids is 1. The van der Waals surface area contributed by atoms with Crippen LogP contribution >= 0.6 is 0 Å². The third kappa shape index (κ3) is 13.2. The molecule has 1 aliphatic rings. The van der Waals surface area contributed by atoms with Gasteiger partial charge < -0.3 is 25.5 Å². The maximum Gasteiger partial charge on any atom is 0.303 e. The van der Waals surface area contributed by atoms with Gasteiger partial charge in [-0.2, -0.15) is 0 Å². The Morgan fingerprint density at radius 2 is 1.83 bits per heavy atom. The molecule has 0 heterocycles. The number of aliphatic hydroxyl groups excluding tert-OH is 4. The van der Waals surface area contributed by atoms with Crippen molar-refractivity contribution in [3.05, 3.63) is 58.2 Å². The molecule has 6 heteroatoms. The van der Waals surface area contributed by atoms with Crippen LogP contribution in [0.5, 0.6) is 0 Å². The van der Waals surface area contributed by atoms with E-state index in [4.69, 9.17) is 5.11 Å². The van der Waals surface area contributed by atoms with Gasteiger partial charge in [0, 0.05) is 13.0 Å². The second kappa shape index (κ2) is 20.0. The van der Waals surface area contributed by atoms with E-state index in [1.165, 1.54) is 16.7 Å². The predicted molar refractivity (Wildman–Crippen MR) is 166 cm³/mol. The van der Waals surface area contributed by atoms with E-state index in [1.54, 1.807) is 0 Å². The van der Waals surface area contributed by atoms with Crippen molar-refractivity contribution in [3.8, 4) is 0 Å². The average Bonchev–Trinajstić information content (AvgIpc) is 2.95. The lowest BCUT2D eigenvalue weighted by Crippen LogP contribution is -2.17. The Morgan fingerprint density at radius 3 is 2.54 bits per heavy atom. The van der Waals surface area contributed by atoms with Crippen LogP contribution in [0, 0.1) is 5.92 Å². The van der Waals surface area contributed by atoms with Crippen molar-refractivity contribution >= 4 is 5.97 Å². The second-order valence-electron chi connectivity index (χ2n) is 12.1. The number of unbranched alkanes of at least 4 members (excludes halogenated alkanes) is 4. The molecule has 0 saturated heterocycles. The van der Waals surface area contributed by atoms with Crippen LogP contribution in [-0.2, 0) is 17.6 Å². The summed E-state index contributed by atoms with van der Waals surface area (Å²) in [6.07, 6.45) is 15.9. The van der Waals surface area contributed by atoms with Gasteiger partial charge in [0.05, 0.1) is 18.8 Å². The lowest BCUT2D eigenvalue weighted by atomic mass is 9.79. The molecule has 1 aromatic carbocycles. The minimum absolute atomic E-state index is 0.165. The number of rotatable bonds is 18. The highest BCUT2D eigenvalue weighted by Gasteiger charge is 2.22. The molecule has 1 aliphatic carbocycles. The predicted octanol–water partition coefficient (Wildman–Crippen LogP) is 6.63. The van der Waals surface area contributed by atoms with Crippen LogP contribution in [0.15, 0.2) is 41.5 Å². The van der Waals surface area contributed by atoms with Crippen LogP contribution in [-0.4, -0.2) is 56.9 Å². The molecule has 0 fully saturated rings. The number of aryl methyl sites for hydroxylation is 1. The first-order chi connectivity index (χ1) is 19.8. The highest BCUT2D eigenvalue weighted by atomic mass is 16.4. The summed E-state index contributed by atoms with van der Waals surface area (Å²) >= 11 is 0. The van der Waals surface area contributed by atoms with Crippen LogP contribution in [0.2, 0.25) is 0 Å². The first-order valence-corrected chi connectivity index (χ1v) is 16.1. The fraction of sp³-hybridized carbons (Fsp3) is 0.686. The zero-order valence-electron chi connectivity index (χ0n) is 25.6. The highest BCUT2D eigenvalue weighted by molar-refractivity contribution is 5.66. The molecule has 0 bridgehead atoms. The fourth-order valence-electron chi connectivity index (χ4n) is 6.20. The molecule has 232 valence electrons. The Labute approximate surface area is 248 Å². The van der Waals surface area contributed by atoms with Crippen molar-refractivity contribution < 1.29 is 30.3 Å². The molecule has 0 saturated carbocycles. The van der Waals surface area contributed by atoms with E-state index in [9.17, 15) is 25.2 Å². The third-order valence-corrected chi connectivity index (χ3v) is 8.68. The number of carboxylic acid groups (broad SMARTS) is 1. The number of fused-ring (bicyclic) bond motifs is 1. The van der Waals surface area contributed by atoms with Gasteiger partial charge in [0.2, 0.25) is 0 Å². The first-order valence-electron chi connectivity index (χ1n) is 16.1. The quantitative estimate of drug-likeness (QED) is 0.126. The molecule has 41 heavy (non-hydrogen) atoms. The van der Waals surface area contributed by atoms with Crippen LogP contribution in [0.25, 0.3) is 0 Å². The summed E-state index contributed by atoms with van der Waals surface area (Å²) in [7, 11) is 0. The largest absolute Gasteiger partial charge is 0.481 e. The molecule has 0 amide bonds. The Morgan fingerprint density at radius 1 is 1.02 bits per heavy atom. The van der Waals surface area contributed by atoms with E-state index in [1.807, 2.05) is 6.08 Å². The van der Waals surface area contributed by atoms with Gasteiger partial charge in [-0.05, 0) is 91.9 Å². The summed E-state index contributed by atoms with van der Waals surface area (Å²) in [4.78, 5) is 11.0. The van der Waals surface area contributed by atoms with Gasteiger partial charge in [0.25, 0.3) is 0 Å². The molecule has 0 aliphatic heterocycles. The SMILES string of the molecule is CCCCC[C@H](O)C=CC1=C(C[C@H](O)CO)C[C@H](CCCCCC(=O)O)CCc2c(cccc2[C@H](C)CCO)CC1. The summed E-state index contributed by atoms with van der Waals surface area (Å²) in [5.41, 5.74) is 6.34.